The highest BCUT2D eigenvalue weighted by Crippen LogP contribution is 2.20. The van der Waals surface area contributed by atoms with Crippen molar-refractivity contribution in [3.8, 4) is 11.8 Å². The van der Waals surface area contributed by atoms with Crippen molar-refractivity contribution in [2.75, 3.05) is 13.1 Å². The minimum absolute atomic E-state index is 0.0916. The minimum Gasteiger partial charge on any atom is -0.472 e. The van der Waals surface area contributed by atoms with Crippen molar-refractivity contribution in [1.29, 1.82) is 0 Å². The van der Waals surface area contributed by atoms with E-state index in [9.17, 15) is 0 Å². The Morgan fingerprint density at radius 1 is 1.11 bits per heavy atom. The molecule has 0 saturated carbocycles. The topological polar surface area (TPSA) is 16.4 Å². The maximum Gasteiger partial charge on any atom is 0.100 e. The van der Waals surface area contributed by atoms with Gasteiger partial charge < -0.3 is 4.42 Å². The van der Waals surface area contributed by atoms with E-state index in [1.165, 1.54) is 0 Å². The third-order valence-electron chi connectivity index (χ3n) is 3.16. The molecule has 2 aromatic rings. The van der Waals surface area contributed by atoms with E-state index in [1.807, 2.05) is 36.4 Å². The number of hydrogen-bond acceptors (Lipinski definition) is 2. The second-order valence-electron chi connectivity index (χ2n) is 4.32. The van der Waals surface area contributed by atoms with E-state index < -0.39 is 0 Å². The molecule has 0 saturated heterocycles. The predicted molar refractivity (Wildman–Crippen MR) is 77.7 cm³/mol. The molecule has 2 heteroatoms. The highest BCUT2D eigenvalue weighted by Gasteiger charge is 2.16. The lowest BCUT2D eigenvalue weighted by molar-refractivity contribution is 0.263. The zero-order valence-electron chi connectivity index (χ0n) is 11.5. The first kappa shape index (κ1) is 13.5. The second kappa shape index (κ2) is 6.82. The quantitative estimate of drug-likeness (QED) is 0.772. The fourth-order valence-corrected chi connectivity index (χ4v) is 2.08. The summed E-state index contributed by atoms with van der Waals surface area (Å²) in [5.41, 5.74) is 2.16. The molecular weight excluding hydrogens is 234 g/mol. The molecule has 1 unspecified atom stereocenters. The van der Waals surface area contributed by atoms with Gasteiger partial charge >= 0.3 is 0 Å². The van der Waals surface area contributed by atoms with Crippen molar-refractivity contribution in [2.24, 2.45) is 0 Å². The first-order valence-corrected chi connectivity index (χ1v) is 6.67. The monoisotopic (exact) mass is 253 g/mol. The van der Waals surface area contributed by atoms with E-state index in [1.54, 1.807) is 12.5 Å². The van der Waals surface area contributed by atoms with Gasteiger partial charge in [0.05, 0.1) is 12.5 Å². The van der Waals surface area contributed by atoms with Crippen LogP contribution in [0, 0.1) is 11.8 Å². The molecule has 1 aromatic carbocycles. The van der Waals surface area contributed by atoms with E-state index in [2.05, 4.69) is 30.6 Å². The van der Waals surface area contributed by atoms with Crippen LogP contribution in [0.25, 0.3) is 0 Å². The van der Waals surface area contributed by atoms with Crippen LogP contribution in [0.1, 0.15) is 31.0 Å². The van der Waals surface area contributed by atoms with Crippen LogP contribution >= 0.6 is 0 Å². The molecule has 2 nitrogen and oxygen atoms in total. The Kier molecular flexibility index (Phi) is 4.83. The molecule has 98 valence electrons. The van der Waals surface area contributed by atoms with Gasteiger partial charge in [-0.25, -0.2) is 0 Å². The lowest BCUT2D eigenvalue weighted by Crippen LogP contribution is -2.27. The standard InChI is InChI=1S/C17H19NO/c1-3-18(4-2)17(16-12-13-19-14-16)11-10-15-8-6-5-7-9-15/h5-9,12-14,17H,3-4H2,1-2H3. The summed E-state index contributed by atoms with van der Waals surface area (Å²) in [6.07, 6.45) is 3.48. The summed E-state index contributed by atoms with van der Waals surface area (Å²) in [7, 11) is 0. The zero-order valence-corrected chi connectivity index (χ0v) is 11.5. The zero-order chi connectivity index (χ0) is 13.5. The highest BCUT2D eigenvalue weighted by atomic mass is 16.3. The van der Waals surface area contributed by atoms with Gasteiger partial charge in [-0.1, -0.05) is 43.9 Å². The molecule has 0 aliphatic rings. The third kappa shape index (κ3) is 3.49. The van der Waals surface area contributed by atoms with Gasteiger partial charge in [-0.2, -0.15) is 0 Å². The lowest BCUT2D eigenvalue weighted by atomic mass is 10.1. The maximum atomic E-state index is 5.19. The molecule has 0 amide bonds. The van der Waals surface area contributed by atoms with E-state index in [4.69, 9.17) is 4.42 Å². The average molecular weight is 253 g/mol. The van der Waals surface area contributed by atoms with Crippen LogP contribution in [-0.2, 0) is 0 Å². The Bertz CT molecular complexity index is 530. The van der Waals surface area contributed by atoms with Crippen LogP contribution in [0.15, 0.2) is 53.3 Å². The number of rotatable bonds is 4. The molecule has 0 bridgehead atoms. The summed E-state index contributed by atoms with van der Waals surface area (Å²) < 4.78 is 5.19. The number of hydrogen-bond donors (Lipinski definition) is 0. The Hall–Kier alpha value is -1.98. The van der Waals surface area contributed by atoms with E-state index in [0.29, 0.717) is 0 Å². The first-order valence-electron chi connectivity index (χ1n) is 6.67. The van der Waals surface area contributed by atoms with Gasteiger partial charge in [0.2, 0.25) is 0 Å². The smallest absolute Gasteiger partial charge is 0.100 e. The van der Waals surface area contributed by atoms with Crippen molar-refractivity contribution in [3.05, 3.63) is 60.1 Å². The van der Waals surface area contributed by atoms with E-state index >= 15 is 0 Å². The lowest BCUT2D eigenvalue weighted by Gasteiger charge is -2.24. The Labute approximate surface area is 115 Å². The van der Waals surface area contributed by atoms with Crippen LogP contribution in [0.3, 0.4) is 0 Å². The molecule has 1 heterocycles. The summed E-state index contributed by atoms with van der Waals surface area (Å²) >= 11 is 0. The third-order valence-corrected chi connectivity index (χ3v) is 3.16. The summed E-state index contributed by atoms with van der Waals surface area (Å²) in [6.45, 7) is 6.24. The van der Waals surface area contributed by atoms with Gasteiger partial charge in [-0.3, -0.25) is 4.90 Å². The van der Waals surface area contributed by atoms with Gasteiger partial charge in [0.15, 0.2) is 0 Å². The second-order valence-corrected chi connectivity index (χ2v) is 4.32. The van der Waals surface area contributed by atoms with Gasteiger partial charge in [-0.15, -0.1) is 0 Å². The van der Waals surface area contributed by atoms with E-state index in [-0.39, 0.29) is 6.04 Å². The molecule has 0 spiro atoms. The van der Waals surface area contributed by atoms with E-state index in [0.717, 1.165) is 24.2 Å². The SMILES string of the molecule is CCN(CC)C(C#Cc1ccccc1)c1ccoc1. The molecule has 0 radical (unpaired) electrons. The van der Waals surface area contributed by atoms with Crippen molar-refractivity contribution >= 4 is 0 Å². The Morgan fingerprint density at radius 2 is 1.84 bits per heavy atom. The van der Waals surface area contributed by atoms with Crippen LogP contribution < -0.4 is 0 Å². The maximum absolute atomic E-state index is 5.19. The molecule has 2 rings (SSSR count). The Morgan fingerprint density at radius 3 is 2.42 bits per heavy atom. The predicted octanol–water partition coefficient (Wildman–Crippen LogP) is 3.71. The average Bonchev–Trinajstić information content (AvgIpc) is 2.98. The summed E-state index contributed by atoms with van der Waals surface area (Å²) in [4.78, 5) is 2.32. The normalized spacial score (nSPS) is 11.9. The number of nitrogens with zero attached hydrogens (tertiary/aromatic N) is 1. The van der Waals surface area contributed by atoms with Gasteiger partial charge in [0.25, 0.3) is 0 Å². The summed E-state index contributed by atoms with van der Waals surface area (Å²) in [5.74, 6) is 6.61. The van der Waals surface area contributed by atoms with Crippen LogP contribution in [0.2, 0.25) is 0 Å². The van der Waals surface area contributed by atoms with Crippen LogP contribution in [0.4, 0.5) is 0 Å². The van der Waals surface area contributed by atoms with Crippen molar-refractivity contribution in [1.82, 2.24) is 4.90 Å². The molecule has 0 aliphatic heterocycles. The fraction of sp³-hybridized carbons (Fsp3) is 0.294. The largest absolute Gasteiger partial charge is 0.472 e. The van der Waals surface area contributed by atoms with Gasteiger partial charge in [-0.05, 0) is 31.3 Å². The molecule has 19 heavy (non-hydrogen) atoms. The molecule has 0 fully saturated rings. The minimum atomic E-state index is 0.0916. The molecule has 0 N–H and O–H groups in total. The molecule has 0 aliphatic carbocycles. The summed E-state index contributed by atoms with van der Waals surface area (Å²) in [6, 6.07) is 12.2. The summed E-state index contributed by atoms with van der Waals surface area (Å²) in [5, 5.41) is 0. The molecule has 1 atom stereocenters. The van der Waals surface area contributed by atoms with Crippen LogP contribution in [0.5, 0.6) is 0 Å². The number of furan rings is 1. The highest BCUT2D eigenvalue weighted by molar-refractivity contribution is 5.36. The van der Waals surface area contributed by atoms with Gasteiger partial charge in [0, 0.05) is 11.1 Å². The fourth-order valence-electron chi connectivity index (χ4n) is 2.08. The molecular formula is C17H19NO. The van der Waals surface area contributed by atoms with Crippen molar-refractivity contribution in [3.63, 3.8) is 0 Å². The van der Waals surface area contributed by atoms with Crippen molar-refractivity contribution in [2.45, 2.75) is 19.9 Å². The first-order chi connectivity index (χ1) is 9.35. The van der Waals surface area contributed by atoms with Crippen molar-refractivity contribution < 1.29 is 4.42 Å². The van der Waals surface area contributed by atoms with Gasteiger partial charge in [0.1, 0.15) is 6.04 Å². The Balaban J connectivity index is 2.27. The number of benzene rings is 1. The molecule has 1 aromatic heterocycles. The van der Waals surface area contributed by atoms with Crippen LogP contribution in [-0.4, -0.2) is 18.0 Å².